The number of rotatable bonds is 5. The van der Waals surface area contributed by atoms with Crippen molar-refractivity contribution in [2.45, 2.75) is 20.0 Å². The van der Waals surface area contributed by atoms with Crippen LogP contribution in [0.4, 0.5) is 0 Å². The molecule has 0 aromatic carbocycles. The molecule has 2 heterocycles. The van der Waals surface area contributed by atoms with Gasteiger partial charge in [0.2, 0.25) is 0 Å². The first-order valence-electron chi connectivity index (χ1n) is 5.59. The molecule has 19 heavy (non-hydrogen) atoms. The van der Waals surface area contributed by atoms with E-state index in [4.69, 9.17) is 5.11 Å². The van der Waals surface area contributed by atoms with Crippen LogP contribution < -0.4 is 5.32 Å². The minimum absolute atomic E-state index is 0.141. The number of hydrogen-bond donors (Lipinski definition) is 2. The van der Waals surface area contributed by atoms with Crippen molar-refractivity contribution in [2.24, 2.45) is 0 Å². The summed E-state index contributed by atoms with van der Waals surface area (Å²) < 4.78 is 1.82. The van der Waals surface area contributed by atoms with Gasteiger partial charge in [-0.2, -0.15) is 0 Å². The molecular formula is C11H12N4O3S. The lowest BCUT2D eigenvalue weighted by atomic mass is 10.4. The highest BCUT2D eigenvalue weighted by molar-refractivity contribution is 7.15. The summed E-state index contributed by atoms with van der Waals surface area (Å²) >= 11 is 0.942. The smallest absolute Gasteiger partial charge is 0.345 e. The highest BCUT2D eigenvalue weighted by Gasteiger charge is 2.13. The van der Waals surface area contributed by atoms with Gasteiger partial charge in [-0.3, -0.25) is 4.79 Å². The molecule has 0 bridgehead atoms. The molecule has 2 aromatic rings. The van der Waals surface area contributed by atoms with Crippen LogP contribution in [0.3, 0.4) is 0 Å². The number of nitrogens with zero attached hydrogens (tertiary/aromatic N) is 3. The summed E-state index contributed by atoms with van der Waals surface area (Å²) in [5.74, 6) is -0.691. The van der Waals surface area contributed by atoms with Gasteiger partial charge in [-0.15, -0.1) is 21.5 Å². The van der Waals surface area contributed by atoms with Crippen molar-refractivity contribution in [1.29, 1.82) is 0 Å². The summed E-state index contributed by atoms with van der Waals surface area (Å²) in [6.07, 6.45) is 1.59. The lowest BCUT2D eigenvalue weighted by molar-refractivity contribution is 0.0702. The Labute approximate surface area is 112 Å². The third kappa shape index (κ3) is 2.97. The number of aryl methyl sites for hydroxylation is 1. The topological polar surface area (TPSA) is 97.1 Å². The van der Waals surface area contributed by atoms with E-state index in [1.165, 1.54) is 12.1 Å². The van der Waals surface area contributed by atoms with Crippen LogP contribution >= 0.6 is 11.3 Å². The fraction of sp³-hybridized carbons (Fsp3) is 0.273. The van der Waals surface area contributed by atoms with Gasteiger partial charge in [-0.1, -0.05) is 0 Å². The number of thiophene rings is 1. The van der Waals surface area contributed by atoms with Crippen molar-refractivity contribution in [2.75, 3.05) is 0 Å². The van der Waals surface area contributed by atoms with Crippen LogP contribution in [-0.2, 0) is 13.1 Å². The molecule has 0 saturated carbocycles. The van der Waals surface area contributed by atoms with E-state index in [0.29, 0.717) is 10.7 Å². The van der Waals surface area contributed by atoms with Crippen molar-refractivity contribution in [1.82, 2.24) is 20.1 Å². The zero-order valence-corrected chi connectivity index (χ0v) is 11.0. The maximum Gasteiger partial charge on any atom is 0.345 e. The number of amides is 1. The van der Waals surface area contributed by atoms with E-state index in [9.17, 15) is 9.59 Å². The molecule has 1 amide bonds. The summed E-state index contributed by atoms with van der Waals surface area (Å²) in [6.45, 7) is 2.93. The first kappa shape index (κ1) is 13.2. The Morgan fingerprint density at radius 2 is 2.16 bits per heavy atom. The lowest BCUT2D eigenvalue weighted by Crippen LogP contribution is -2.23. The minimum atomic E-state index is -1.03. The molecule has 0 aliphatic carbocycles. The number of hydrogen-bond acceptors (Lipinski definition) is 5. The molecule has 0 radical (unpaired) electrons. The van der Waals surface area contributed by atoms with Gasteiger partial charge in [0.15, 0.2) is 5.82 Å². The number of carbonyl (C=O) groups excluding carboxylic acids is 1. The van der Waals surface area contributed by atoms with Gasteiger partial charge < -0.3 is 15.0 Å². The van der Waals surface area contributed by atoms with Gasteiger partial charge in [0.1, 0.15) is 11.2 Å². The standard InChI is InChI=1S/C11H12N4O3S/c1-2-15-6-13-14-9(15)5-12-10(16)7-3-4-8(19-7)11(17)18/h3-4,6H,2,5H2,1H3,(H,12,16)(H,17,18). The van der Waals surface area contributed by atoms with Crippen LogP contribution in [0.25, 0.3) is 0 Å². The van der Waals surface area contributed by atoms with E-state index in [1.807, 2.05) is 11.5 Å². The summed E-state index contributed by atoms with van der Waals surface area (Å²) in [4.78, 5) is 23.0. The van der Waals surface area contributed by atoms with E-state index in [-0.39, 0.29) is 17.3 Å². The van der Waals surface area contributed by atoms with Crippen molar-refractivity contribution >= 4 is 23.2 Å². The molecule has 0 atom stereocenters. The molecule has 7 nitrogen and oxygen atoms in total. The molecule has 2 N–H and O–H groups in total. The normalized spacial score (nSPS) is 10.4. The SMILES string of the molecule is CCn1cnnc1CNC(=O)c1ccc(C(=O)O)s1. The third-order valence-corrected chi connectivity index (χ3v) is 3.56. The summed E-state index contributed by atoms with van der Waals surface area (Å²) in [5, 5.41) is 19.1. The number of carboxylic acid groups (broad SMARTS) is 1. The lowest BCUT2D eigenvalue weighted by Gasteiger charge is -2.04. The van der Waals surface area contributed by atoms with Gasteiger partial charge in [-0.05, 0) is 19.1 Å². The number of carbonyl (C=O) groups is 2. The maximum absolute atomic E-state index is 11.8. The first-order valence-corrected chi connectivity index (χ1v) is 6.41. The Morgan fingerprint density at radius 1 is 1.42 bits per heavy atom. The Hall–Kier alpha value is -2.22. The molecule has 0 aliphatic rings. The second-order valence-corrected chi connectivity index (χ2v) is 4.77. The number of aromatic nitrogens is 3. The molecule has 0 fully saturated rings. The largest absolute Gasteiger partial charge is 0.477 e. The molecule has 0 spiro atoms. The monoisotopic (exact) mass is 280 g/mol. The minimum Gasteiger partial charge on any atom is -0.477 e. The molecule has 100 valence electrons. The second-order valence-electron chi connectivity index (χ2n) is 3.68. The Bertz CT molecular complexity index is 605. The van der Waals surface area contributed by atoms with E-state index < -0.39 is 5.97 Å². The van der Waals surface area contributed by atoms with E-state index in [1.54, 1.807) is 6.33 Å². The van der Waals surface area contributed by atoms with Crippen molar-refractivity contribution < 1.29 is 14.7 Å². The molecule has 2 rings (SSSR count). The molecule has 0 unspecified atom stereocenters. The number of aromatic carboxylic acids is 1. The number of carboxylic acids is 1. The Kier molecular flexibility index (Phi) is 3.91. The fourth-order valence-corrected chi connectivity index (χ4v) is 2.26. The van der Waals surface area contributed by atoms with Crippen LogP contribution in [0.1, 0.15) is 32.1 Å². The van der Waals surface area contributed by atoms with Crippen molar-refractivity contribution in [3.05, 3.63) is 34.0 Å². The Morgan fingerprint density at radius 3 is 2.79 bits per heavy atom. The summed E-state index contributed by atoms with van der Waals surface area (Å²) in [7, 11) is 0. The van der Waals surface area contributed by atoms with Crippen LogP contribution in [0.15, 0.2) is 18.5 Å². The fourth-order valence-electron chi connectivity index (χ4n) is 1.50. The van der Waals surface area contributed by atoms with Gasteiger partial charge in [0, 0.05) is 6.54 Å². The van der Waals surface area contributed by atoms with Crippen LogP contribution in [0.5, 0.6) is 0 Å². The second kappa shape index (κ2) is 5.61. The van der Waals surface area contributed by atoms with E-state index in [0.717, 1.165) is 17.9 Å². The first-order chi connectivity index (χ1) is 9.11. The van der Waals surface area contributed by atoms with Gasteiger partial charge in [0.25, 0.3) is 5.91 Å². The zero-order valence-electron chi connectivity index (χ0n) is 10.2. The quantitative estimate of drug-likeness (QED) is 0.851. The van der Waals surface area contributed by atoms with Gasteiger partial charge in [0.05, 0.1) is 11.4 Å². The number of nitrogens with one attached hydrogen (secondary N) is 1. The average Bonchev–Trinajstić information content (AvgIpc) is 3.04. The van der Waals surface area contributed by atoms with Gasteiger partial charge in [-0.25, -0.2) is 4.79 Å². The van der Waals surface area contributed by atoms with E-state index >= 15 is 0 Å². The summed E-state index contributed by atoms with van der Waals surface area (Å²) in [6, 6.07) is 2.91. The van der Waals surface area contributed by atoms with Gasteiger partial charge >= 0.3 is 5.97 Å². The van der Waals surface area contributed by atoms with Crippen molar-refractivity contribution in [3.8, 4) is 0 Å². The predicted octanol–water partition coefficient (Wildman–Crippen LogP) is 0.988. The molecule has 8 heteroatoms. The Balaban J connectivity index is 1.99. The highest BCUT2D eigenvalue weighted by Crippen LogP contribution is 2.16. The van der Waals surface area contributed by atoms with Crippen LogP contribution in [0, 0.1) is 0 Å². The molecule has 0 saturated heterocycles. The molecule has 0 aliphatic heterocycles. The zero-order chi connectivity index (χ0) is 13.8. The van der Waals surface area contributed by atoms with Crippen LogP contribution in [0.2, 0.25) is 0 Å². The maximum atomic E-state index is 11.8. The molecule has 2 aromatic heterocycles. The highest BCUT2D eigenvalue weighted by atomic mass is 32.1. The third-order valence-electron chi connectivity index (χ3n) is 2.48. The average molecular weight is 280 g/mol. The van der Waals surface area contributed by atoms with Crippen LogP contribution in [-0.4, -0.2) is 31.7 Å². The van der Waals surface area contributed by atoms with Crippen molar-refractivity contribution in [3.63, 3.8) is 0 Å². The predicted molar refractivity (Wildman–Crippen MR) is 68.1 cm³/mol. The molecular weight excluding hydrogens is 268 g/mol. The summed E-state index contributed by atoms with van der Waals surface area (Å²) in [5.41, 5.74) is 0. The van der Waals surface area contributed by atoms with E-state index in [2.05, 4.69) is 15.5 Å².